The Bertz CT molecular complexity index is 695. The summed E-state index contributed by atoms with van der Waals surface area (Å²) in [5.41, 5.74) is 2.32. The van der Waals surface area contributed by atoms with Gasteiger partial charge in [-0.05, 0) is 54.4 Å². The predicted molar refractivity (Wildman–Crippen MR) is 121 cm³/mol. The van der Waals surface area contributed by atoms with Gasteiger partial charge in [0.05, 0.1) is 12.1 Å². The lowest BCUT2D eigenvalue weighted by molar-refractivity contribution is 0.149. The summed E-state index contributed by atoms with van der Waals surface area (Å²) in [5.74, 6) is 0. The van der Waals surface area contributed by atoms with E-state index >= 15 is 0 Å². The highest BCUT2D eigenvalue weighted by molar-refractivity contribution is 6.74. The molecule has 0 aliphatic heterocycles. The standard InChI is InChI=1S/C23H34ClNOSi/c1-7-11-21(26-27(5,6)23(2,3)4)22(18-14-16-19(24)17-15-18)25-20-12-9-8-10-13-20/h8-10,12-17,21-22,25H,7,11H2,1-6H3. The summed E-state index contributed by atoms with van der Waals surface area (Å²) in [6.07, 6.45) is 2.21. The summed E-state index contributed by atoms with van der Waals surface area (Å²) in [7, 11) is -1.90. The van der Waals surface area contributed by atoms with Gasteiger partial charge in [-0.1, -0.05) is 76.0 Å². The van der Waals surface area contributed by atoms with Gasteiger partial charge in [0.1, 0.15) is 0 Å². The molecule has 1 N–H and O–H groups in total. The van der Waals surface area contributed by atoms with Crippen molar-refractivity contribution in [3.63, 3.8) is 0 Å². The number of halogens is 1. The zero-order chi connectivity index (χ0) is 20.1. The lowest BCUT2D eigenvalue weighted by atomic mass is 9.98. The number of hydrogen-bond donors (Lipinski definition) is 1. The summed E-state index contributed by atoms with van der Waals surface area (Å²) < 4.78 is 6.91. The van der Waals surface area contributed by atoms with E-state index in [-0.39, 0.29) is 17.2 Å². The van der Waals surface area contributed by atoms with Crippen molar-refractivity contribution in [1.82, 2.24) is 0 Å². The van der Waals surface area contributed by atoms with E-state index in [0.29, 0.717) is 0 Å². The first-order chi connectivity index (χ1) is 12.6. The van der Waals surface area contributed by atoms with E-state index in [1.807, 2.05) is 18.2 Å². The second kappa shape index (κ2) is 9.27. The molecule has 2 nitrogen and oxygen atoms in total. The van der Waals surface area contributed by atoms with Gasteiger partial charge < -0.3 is 9.74 Å². The summed E-state index contributed by atoms with van der Waals surface area (Å²) in [6, 6.07) is 18.6. The molecule has 2 aromatic rings. The Kier molecular flexibility index (Phi) is 7.55. The Morgan fingerprint density at radius 3 is 2.11 bits per heavy atom. The topological polar surface area (TPSA) is 21.3 Å². The number of nitrogens with one attached hydrogen (secondary N) is 1. The van der Waals surface area contributed by atoms with Crippen molar-refractivity contribution in [2.24, 2.45) is 0 Å². The average molecular weight is 404 g/mol. The maximum Gasteiger partial charge on any atom is 0.192 e. The van der Waals surface area contributed by atoms with E-state index in [4.69, 9.17) is 16.0 Å². The molecule has 2 unspecified atom stereocenters. The monoisotopic (exact) mass is 403 g/mol. The van der Waals surface area contributed by atoms with Crippen LogP contribution in [-0.2, 0) is 4.43 Å². The predicted octanol–water partition coefficient (Wildman–Crippen LogP) is 7.68. The highest BCUT2D eigenvalue weighted by Crippen LogP contribution is 2.40. The smallest absolute Gasteiger partial charge is 0.192 e. The molecule has 0 heterocycles. The summed E-state index contributed by atoms with van der Waals surface area (Å²) in [5, 5.41) is 4.66. The quantitative estimate of drug-likeness (QED) is 0.456. The van der Waals surface area contributed by atoms with Crippen LogP contribution in [0.15, 0.2) is 54.6 Å². The van der Waals surface area contributed by atoms with Gasteiger partial charge in [0.25, 0.3) is 0 Å². The SMILES string of the molecule is CCCC(O[Si](C)(C)C(C)(C)C)C(Nc1ccccc1)c1ccc(Cl)cc1. The molecular weight excluding hydrogens is 370 g/mol. The second-order valence-electron chi connectivity index (χ2n) is 8.74. The Morgan fingerprint density at radius 1 is 1.00 bits per heavy atom. The molecule has 2 atom stereocenters. The molecule has 0 spiro atoms. The third-order valence-corrected chi connectivity index (χ3v) is 10.3. The van der Waals surface area contributed by atoms with Crippen molar-refractivity contribution >= 4 is 25.6 Å². The average Bonchev–Trinajstić information content (AvgIpc) is 2.60. The molecule has 148 valence electrons. The van der Waals surface area contributed by atoms with Crippen LogP contribution in [0.4, 0.5) is 5.69 Å². The van der Waals surface area contributed by atoms with Crippen molar-refractivity contribution in [2.75, 3.05) is 5.32 Å². The van der Waals surface area contributed by atoms with Gasteiger partial charge in [-0.15, -0.1) is 0 Å². The fourth-order valence-corrected chi connectivity index (χ4v) is 4.40. The minimum Gasteiger partial charge on any atom is -0.411 e. The lowest BCUT2D eigenvalue weighted by Crippen LogP contribution is -2.46. The minimum atomic E-state index is -1.90. The summed E-state index contributed by atoms with van der Waals surface area (Å²) in [4.78, 5) is 0. The van der Waals surface area contributed by atoms with E-state index in [9.17, 15) is 0 Å². The fraction of sp³-hybridized carbons (Fsp3) is 0.478. The van der Waals surface area contributed by atoms with Crippen molar-refractivity contribution < 1.29 is 4.43 Å². The highest BCUT2D eigenvalue weighted by atomic mass is 35.5. The van der Waals surface area contributed by atoms with Gasteiger partial charge >= 0.3 is 0 Å². The van der Waals surface area contributed by atoms with Crippen LogP contribution in [0, 0.1) is 0 Å². The van der Waals surface area contributed by atoms with Gasteiger partial charge in [0, 0.05) is 10.7 Å². The van der Waals surface area contributed by atoms with E-state index in [0.717, 1.165) is 23.6 Å². The molecule has 0 aliphatic rings. The van der Waals surface area contributed by atoms with Crippen LogP contribution in [0.1, 0.15) is 52.1 Å². The molecule has 0 saturated carbocycles. The zero-order valence-corrected chi connectivity index (χ0v) is 19.3. The number of hydrogen-bond acceptors (Lipinski definition) is 2. The molecule has 4 heteroatoms. The van der Waals surface area contributed by atoms with E-state index in [1.165, 1.54) is 5.56 Å². The first-order valence-electron chi connectivity index (χ1n) is 9.89. The molecule has 0 radical (unpaired) electrons. The van der Waals surface area contributed by atoms with Crippen molar-refractivity contribution in [3.05, 3.63) is 65.2 Å². The van der Waals surface area contributed by atoms with Crippen molar-refractivity contribution in [1.29, 1.82) is 0 Å². The number of benzene rings is 2. The number of anilines is 1. The van der Waals surface area contributed by atoms with Crippen LogP contribution in [0.3, 0.4) is 0 Å². The third-order valence-electron chi connectivity index (χ3n) is 5.52. The van der Waals surface area contributed by atoms with Crippen molar-refractivity contribution in [3.8, 4) is 0 Å². The Balaban J connectivity index is 2.39. The second-order valence-corrected chi connectivity index (χ2v) is 13.9. The van der Waals surface area contributed by atoms with Gasteiger partial charge in [-0.25, -0.2) is 0 Å². The van der Waals surface area contributed by atoms with Gasteiger partial charge in [0.2, 0.25) is 0 Å². The number of para-hydroxylation sites is 1. The normalized spacial score (nSPS) is 14.6. The van der Waals surface area contributed by atoms with Crippen LogP contribution < -0.4 is 5.32 Å². The molecule has 0 amide bonds. The maximum absolute atomic E-state index is 6.91. The van der Waals surface area contributed by atoms with Crippen molar-refractivity contribution in [2.45, 2.75) is 70.8 Å². The summed E-state index contributed by atoms with van der Waals surface area (Å²) in [6.45, 7) is 13.8. The van der Waals surface area contributed by atoms with E-state index < -0.39 is 8.32 Å². The molecule has 0 aliphatic carbocycles. The van der Waals surface area contributed by atoms with E-state index in [2.05, 4.69) is 82.5 Å². The van der Waals surface area contributed by atoms with Gasteiger partial charge in [-0.2, -0.15) is 0 Å². The molecule has 0 bridgehead atoms. The largest absolute Gasteiger partial charge is 0.411 e. The van der Waals surface area contributed by atoms with Crippen LogP contribution in [0.25, 0.3) is 0 Å². The Labute approximate surface area is 171 Å². The fourth-order valence-electron chi connectivity index (χ4n) is 2.91. The molecule has 2 rings (SSSR count). The third kappa shape index (κ3) is 6.10. The van der Waals surface area contributed by atoms with Crippen LogP contribution in [-0.4, -0.2) is 14.4 Å². The first kappa shape index (κ1) is 22.0. The summed E-state index contributed by atoms with van der Waals surface area (Å²) >= 11 is 6.14. The Hall–Kier alpha value is -1.29. The zero-order valence-electron chi connectivity index (χ0n) is 17.6. The highest BCUT2D eigenvalue weighted by Gasteiger charge is 2.40. The molecule has 0 saturated heterocycles. The van der Waals surface area contributed by atoms with Crippen LogP contribution in [0.2, 0.25) is 23.2 Å². The molecule has 0 aromatic heterocycles. The Morgan fingerprint density at radius 2 is 1.59 bits per heavy atom. The molecular formula is C23H34ClNOSi. The first-order valence-corrected chi connectivity index (χ1v) is 13.2. The molecule has 2 aromatic carbocycles. The number of rotatable bonds is 8. The minimum absolute atomic E-state index is 0.0822. The molecule has 27 heavy (non-hydrogen) atoms. The van der Waals surface area contributed by atoms with Gasteiger partial charge in [-0.3, -0.25) is 0 Å². The lowest BCUT2D eigenvalue weighted by Gasteiger charge is -2.42. The maximum atomic E-state index is 6.91. The van der Waals surface area contributed by atoms with Gasteiger partial charge in [0.15, 0.2) is 8.32 Å². The molecule has 0 fully saturated rings. The van der Waals surface area contributed by atoms with Crippen LogP contribution in [0.5, 0.6) is 0 Å². The van der Waals surface area contributed by atoms with E-state index in [1.54, 1.807) is 0 Å². The van der Waals surface area contributed by atoms with Crippen LogP contribution >= 0.6 is 11.6 Å².